The Labute approximate surface area is 163 Å². The molecule has 2 amide bonds. The van der Waals surface area contributed by atoms with Crippen LogP contribution in [0.2, 0.25) is 0 Å². The minimum atomic E-state index is -4.76. The number of amides is 2. The van der Waals surface area contributed by atoms with Gasteiger partial charge in [0.1, 0.15) is 23.7 Å². The van der Waals surface area contributed by atoms with E-state index in [-0.39, 0.29) is 5.75 Å². The average molecular weight is 406 g/mol. The van der Waals surface area contributed by atoms with E-state index in [1.165, 1.54) is 18.5 Å². The maximum absolute atomic E-state index is 12.1. The van der Waals surface area contributed by atoms with Gasteiger partial charge in [-0.15, -0.1) is 13.2 Å². The summed E-state index contributed by atoms with van der Waals surface area (Å²) in [5, 5.41) is 8.20. The normalized spacial score (nSPS) is 11.0. The Bertz CT molecular complexity index is 930. The number of benzene rings is 1. The van der Waals surface area contributed by atoms with Crippen molar-refractivity contribution in [1.29, 1.82) is 0 Å². The summed E-state index contributed by atoms with van der Waals surface area (Å²) < 4.78 is 42.0. The quantitative estimate of drug-likeness (QED) is 0.523. The number of hydrogen-bond acceptors (Lipinski definition) is 5. The lowest BCUT2D eigenvalue weighted by Crippen LogP contribution is -2.32. The molecule has 0 atom stereocenters. The molecule has 0 saturated heterocycles. The van der Waals surface area contributed by atoms with Crippen LogP contribution < -0.4 is 20.7 Å². The standard InChI is InChI=1S/C18H17F3N6O2/c19-18(20,21)29-14-5-3-13(4-6-14)26-17(28)23-8-7-22-15-11-16(25-12-24-15)27-9-1-2-10-27/h1-6,9-12H,7-8H2,(H,22,24,25)(H2,23,26,28). The zero-order valence-electron chi connectivity index (χ0n) is 15.0. The number of anilines is 2. The van der Waals surface area contributed by atoms with Gasteiger partial charge in [-0.3, -0.25) is 0 Å². The third-order valence-electron chi connectivity index (χ3n) is 3.58. The van der Waals surface area contributed by atoms with Gasteiger partial charge >= 0.3 is 12.4 Å². The van der Waals surface area contributed by atoms with Gasteiger partial charge in [0, 0.05) is 37.2 Å². The third-order valence-corrected chi connectivity index (χ3v) is 3.58. The van der Waals surface area contributed by atoms with E-state index in [0.717, 1.165) is 12.1 Å². The van der Waals surface area contributed by atoms with Crippen LogP contribution in [-0.4, -0.2) is 40.0 Å². The SMILES string of the molecule is O=C(NCCNc1cc(-n2cccc2)ncn1)Nc1ccc(OC(F)(F)F)cc1. The minimum absolute atomic E-state index is 0.296. The largest absolute Gasteiger partial charge is 0.573 e. The fourth-order valence-electron chi connectivity index (χ4n) is 2.35. The highest BCUT2D eigenvalue weighted by atomic mass is 19.4. The Balaban J connectivity index is 1.41. The predicted molar refractivity (Wildman–Crippen MR) is 100.0 cm³/mol. The number of carbonyl (C=O) groups excluding carboxylic acids is 1. The van der Waals surface area contributed by atoms with Crippen molar-refractivity contribution >= 4 is 17.5 Å². The molecule has 3 N–H and O–H groups in total. The molecule has 0 bridgehead atoms. The monoisotopic (exact) mass is 406 g/mol. The van der Waals surface area contributed by atoms with Gasteiger partial charge in [-0.2, -0.15) is 0 Å². The second-order valence-corrected chi connectivity index (χ2v) is 5.73. The molecule has 0 aliphatic carbocycles. The molecular weight excluding hydrogens is 389 g/mol. The van der Waals surface area contributed by atoms with Crippen LogP contribution in [0.5, 0.6) is 5.75 Å². The number of urea groups is 1. The Kier molecular flexibility index (Phi) is 6.17. The van der Waals surface area contributed by atoms with Crippen molar-refractivity contribution in [3.63, 3.8) is 0 Å². The summed E-state index contributed by atoms with van der Waals surface area (Å²) in [7, 11) is 0. The molecule has 0 fully saturated rings. The zero-order valence-corrected chi connectivity index (χ0v) is 15.0. The predicted octanol–water partition coefficient (Wildman–Crippen LogP) is 3.40. The number of rotatable bonds is 7. The summed E-state index contributed by atoms with van der Waals surface area (Å²) in [6.07, 6.45) is 0.398. The Morgan fingerprint density at radius 3 is 2.48 bits per heavy atom. The molecule has 29 heavy (non-hydrogen) atoms. The van der Waals surface area contributed by atoms with E-state index in [0.29, 0.717) is 30.4 Å². The number of halogens is 3. The van der Waals surface area contributed by atoms with Crippen molar-refractivity contribution in [2.75, 3.05) is 23.7 Å². The number of nitrogens with zero attached hydrogens (tertiary/aromatic N) is 3. The van der Waals surface area contributed by atoms with E-state index < -0.39 is 12.4 Å². The highest BCUT2D eigenvalue weighted by Gasteiger charge is 2.30. The molecule has 0 unspecified atom stereocenters. The summed E-state index contributed by atoms with van der Waals surface area (Å²) in [6, 6.07) is 9.88. The van der Waals surface area contributed by atoms with Crippen LogP contribution in [0, 0.1) is 0 Å². The van der Waals surface area contributed by atoms with Crippen molar-refractivity contribution in [2.45, 2.75) is 6.36 Å². The third kappa shape index (κ3) is 6.41. The minimum Gasteiger partial charge on any atom is -0.406 e. The highest BCUT2D eigenvalue weighted by Crippen LogP contribution is 2.23. The summed E-state index contributed by atoms with van der Waals surface area (Å²) in [4.78, 5) is 20.1. The van der Waals surface area contributed by atoms with Crippen LogP contribution in [0.25, 0.3) is 5.82 Å². The van der Waals surface area contributed by atoms with Gasteiger partial charge in [0.25, 0.3) is 0 Å². The van der Waals surface area contributed by atoms with Crippen molar-refractivity contribution in [1.82, 2.24) is 19.9 Å². The first-order valence-electron chi connectivity index (χ1n) is 8.49. The zero-order chi connectivity index (χ0) is 20.7. The number of hydrogen-bond donors (Lipinski definition) is 3. The van der Waals surface area contributed by atoms with E-state index in [1.807, 2.05) is 29.1 Å². The van der Waals surface area contributed by atoms with E-state index >= 15 is 0 Å². The average Bonchev–Trinajstić information content (AvgIpc) is 3.21. The van der Waals surface area contributed by atoms with Gasteiger partial charge in [0.2, 0.25) is 0 Å². The van der Waals surface area contributed by atoms with Gasteiger partial charge < -0.3 is 25.3 Å². The second kappa shape index (κ2) is 8.95. The molecule has 3 rings (SSSR count). The van der Waals surface area contributed by atoms with Crippen LogP contribution in [0.4, 0.5) is 29.5 Å². The molecule has 11 heteroatoms. The fourth-order valence-corrected chi connectivity index (χ4v) is 2.35. The summed E-state index contributed by atoms with van der Waals surface area (Å²) in [5.74, 6) is 0.944. The highest BCUT2D eigenvalue weighted by molar-refractivity contribution is 5.89. The van der Waals surface area contributed by atoms with Crippen LogP contribution in [0.15, 0.2) is 61.2 Å². The molecule has 0 saturated carbocycles. The second-order valence-electron chi connectivity index (χ2n) is 5.73. The fraction of sp³-hybridized carbons (Fsp3) is 0.167. The van der Waals surface area contributed by atoms with Crippen LogP contribution in [-0.2, 0) is 0 Å². The first-order chi connectivity index (χ1) is 13.9. The van der Waals surface area contributed by atoms with Gasteiger partial charge in [0.15, 0.2) is 0 Å². The van der Waals surface area contributed by atoms with E-state index in [1.54, 1.807) is 6.07 Å². The molecule has 0 radical (unpaired) electrons. The maximum atomic E-state index is 12.1. The van der Waals surface area contributed by atoms with Gasteiger partial charge in [-0.1, -0.05) is 0 Å². The number of alkyl halides is 3. The maximum Gasteiger partial charge on any atom is 0.573 e. The first kappa shape index (κ1) is 20.0. The number of nitrogens with one attached hydrogen (secondary N) is 3. The van der Waals surface area contributed by atoms with Crippen LogP contribution >= 0.6 is 0 Å². The molecular formula is C18H17F3N6O2. The molecule has 2 aromatic heterocycles. The molecule has 0 aliphatic rings. The van der Waals surface area contributed by atoms with Crippen molar-refractivity contribution in [3.8, 4) is 11.6 Å². The van der Waals surface area contributed by atoms with Crippen LogP contribution in [0.3, 0.4) is 0 Å². The lowest BCUT2D eigenvalue weighted by molar-refractivity contribution is -0.274. The molecule has 0 aliphatic heterocycles. The van der Waals surface area contributed by atoms with Gasteiger partial charge in [-0.05, 0) is 36.4 Å². The van der Waals surface area contributed by atoms with E-state index in [2.05, 4.69) is 30.7 Å². The van der Waals surface area contributed by atoms with Gasteiger partial charge in [0.05, 0.1) is 0 Å². The number of carbonyl (C=O) groups is 1. The number of ether oxygens (including phenoxy) is 1. The van der Waals surface area contributed by atoms with Gasteiger partial charge in [-0.25, -0.2) is 14.8 Å². The summed E-state index contributed by atoms with van der Waals surface area (Å²) in [5.41, 5.74) is 0.331. The number of aromatic nitrogens is 3. The molecule has 3 aromatic rings. The molecule has 1 aromatic carbocycles. The molecule has 0 spiro atoms. The lowest BCUT2D eigenvalue weighted by Gasteiger charge is -2.11. The summed E-state index contributed by atoms with van der Waals surface area (Å²) in [6.45, 7) is 0.706. The molecule has 152 valence electrons. The van der Waals surface area contributed by atoms with E-state index in [4.69, 9.17) is 0 Å². The smallest absolute Gasteiger partial charge is 0.406 e. The first-order valence-corrected chi connectivity index (χ1v) is 8.49. The topological polar surface area (TPSA) is 93.1 Å². The van der Waals surface area contributed by atoms with Crippen molar-refractivity contribution in [2.24, 2.45) is 0 Å². The molecule has 2 heterocycles. The Morgan fingerprint density at radius 1 is 1.07 bits per heavy atom. The van der Waals surface area contributed by atoms with E-state index in [9.17, 15) is 18.0 Å². The lowest BCUT2D eigenvalue weighted by atomic mass is 10.3. The van der Waals surface area contributed by atoms with Crippen molar-refractivity contribution in [3.05, 3.63) is 61.2 Å². The Hall–Kier alpha value is -3.76. The van der Waals surface area contributed by atoms with Crippen LogP contribution in [0.1, 0.15) is 0 Å². The Morgan fingerprint density at radius 2 is 1.79 bits per heavy atom. The van der Waals surface area contributed by atoms with Crippen molar-refractivity contribution < 1.29 is 22.7 Å². The summed E-state index contributed by atoms with van der Waals surface area (Å²) >= 11 is 0. The molecule has 8 nitrogen and oxygen atoms in total.